The summed E-state index contributed by atoms with van der Waals surface area (Å²) in [6.45, 7) is 0.962. The van der Waals surface area contributed by atoms with Gasteiger partial charge in [0.15, 0.2) is 0 Å². The molecule has 9 nitrogen and oxygen atoms in total. The Morgan fingerprint density at radius 2 is 1.78 bits per heavy atom. The molecule has 0 aromatic heterocycles. The zero-order valence-electron chi connectivity index (χ0n) is 13.3. The summed E-state index contributed by atoms with van der Waals surface area (Å²) in [4.78, 5) is 33.8. The van der Waals surface area contributed by atoms with Gasteiger partial charge in [0.25, 0.3) is 0 Å². The largest absolute Gasteiger partial charge is 0.480 e. The van der Waals surface area contributed by atoms with Gasteiger partial charge in [0.1, 0.15) is 25.9 Å². The molecular weight excluding hydrogens is 310 g/mol. The van der Waals surface area contributed by atoms with E-state index in [0.717, 1.165) is 12.8 Å². The van der Waals surface area contributed by atoms with Gasteiger partial charge in [-0.05, 0) is 6.42 Å². The maximum atomic E-state index is 11.9. The van der Waals surface area contributed by atoms with E-state index in [9.17, 15) is 14.4 Å². The second-order valence-corrected chi connectivity index (χ2v) is 4.65. The van der Waals surface area contributed by atoms with Crippen LogP contribution in [0.25, 0.3) is 0 Å². The first-order chi connectivity index (χ1) is 11.0. The normalized spacial score (nSPS) is 11.7. The Balaban J connectivity index is 4.15. The minimum absolute atomic E-state index is 0.0356. The third kappa shape index (κ3) is 12.5. The highest BCUT2D eigenvalue weighted by Crippen LogP contribution is 2.03. The Labute approximate surface area is 134 Å². The first-order valence-electron chi connectivity index (χ1n) is 7.45. The van der Waals surface area contributed by atoms with Gasteiger partial charge in [-0.2, -0.15) is 0 Å². The second kappa shape index (κ2) is 13.9. The molecule has 23 heavy (non-hydrogen) atoms. The number of unbranched alkanes of at least 4 members (excludes halogenated alkanes) is 1. The summed E-state index contributed by atoms with van der Waals surface area (Å²) < 4.78 is 14.6. The molecule has 3 N–H and O–H groups in total. The topological polar surface area (TPSA) is 131 Å². The van der Waals surface area contributed by atoms with E-state index in [2.05, 4.69) is 5.32 Å². The zero-order chi connectivity index (χ0) is 17.5. The third-order valence-corrected chi connectivity index (χ3v) is 2.63. The number of aliphatic carboxylic acids is 1. The zero-order valence-corrected chi connectivity index (χ0v) is 13.3. The highest BCUT2D eigenvalue weighted by Gasteiger charge is 2.21. The number of esters is 1. The molecule has 0 aliphatic heterocycles. The first kappa shape index (κ1) is 21.3. The van der Waals surface area contributed by atoms with Gasteiger partial charge in [-0.25, -0.2) is 9.59 Å². The molecule has 9 heteroatoms. The molecule has 0 rings (SSSR count). The minimum Gasteiger partial charge on any atom is -0.480 e. The van der Waals surface area contributed by atoms with E-state index in [-0.39, 0.29) is 33.0 Å². The lowest BCUT2D eigenvalue weighted by atomic mass is 10.1. The fourth-order valence-corrected chi connectivity index (χ4v) is 1.58. The third-order valence-electron chi connectivity index (χ3n) is 2.63. The molecule has 0 heterocycles. The van der Waals surface area contributed by atoms with Gasteiger partial charge < -0.3 is 29.7 Å². The van der Waals surface area contributed by atoms with Crippen LogP contribution < -0.4 is 5.32 Å². The standard InChI is InChI=1S/C14H25NO8/c1-2-3-4-11(15-12(17)9-21-6-5-16)14(20)23-8-7-22-10-13(18)19/h11,16H,2-10H2,1H3,(H,15,17)(H,18,19)/t11-/m0/s1. The number of carbonyl (C=O) groups excluding carboxylic acids is 2. The number of aliphatic hydroxyl groups is 1. The lowest BCUT2D eigenvalue weighted by Gasteiger charge is -2.17. The number of amides is 1. The molecule has 0 bridgehead atoms. The van der Waals surface area contributed by atoms with Crippen molar-refractivity contribution >= 4 is 17.8 Å². The average molecular weight is 335 g/mol. The molecule has 134 valence electrons. The number of carbonyl (C=O) groups is 3. The van der Waals surface area contributed by atoms with E-state index in [0.29, 0.717) is 6.42 Å². The van der Waals surface area contributed by atoms with E-state index in [1.54, 1.807) is 0 Å². The summed E-state index contributed by atoms with van der Waals surface area (Å²) in [7, 11) is 0. The monoisotopic (exact) mass is 335 g/mol. The van der Waals surface area contributed by atoms with Crippen LogP contribution >= 0.6 is 0 Å². The fraction of sp³-hybridized carbons (Fsp3) is 0.786. The van der Waals surface area contributed by atoms with E-state index in [1.807, 2.05) is 6.92 Å². The molecule has 0 saturated heterocycles. The number of hydrogen-bond donors (Lipinski definition) is 3. The minimum atomic E-state index is -1.10. The molecule has 0 spiro atoms. The molecule has 0 aromatic rings. The number of aliphatic hydroxyl groups excluding tert-OH is 1. The van der Waals surface area contributed by atoms with Crippen LogP contribution in [-0.4, -0.2) is 73.7 Å². The van der Waals surface area contributed by atoms with Crippen LogP contribution in [0.15, 0.2) is 0 Å². The quantitative estimate of drug-likeness (QED) is 0.281. The molecular formula is C14H25NO8. The highest BCUT2D eigenvalue weighted by molar-refractivity contribution is 5.85. The van der Waals surface area contributed by atoms with E-state index in [1.165, 1.54) is 0 Å². The lowest BCUT2D eigenvalue weighted by Crippen LogP contribution is -2.43. The molecule has 0 aliphatic carbocycles. The van der Waals surface area contributed by atoms with Crippen LogP contribution in [0.4, 0.5) is 0 Å². The lowest BCUT2D eigenvalue weighted by molar-refractivity contribution is -0.151. The molecule has 0 radical (unpaired) electrons. The summed E-state index contributed by atoms with van der Waals surface area (Å²) in [6, 6.07) is -0.792. The number of carboxylic acids is 1. The number of hydrogen-bond acceptors (Lipinski definition) is 7. The van der Waals surface area contributed by atoms with Gasteiger partial charge in [0.05, 0.1) is 19.8 Å². The fourth-order valence-electron chi connectivity index (χ4n) is 1.58. The number of rotatable bonds is 14. The van der Waals surface area contributed by atoms with E-state index >= 15 is 0 Å². The predicted octanol–water partition coefficient (Wildman–Crippen LogP) is -0.685. The molecule has 0 fully saturated rings. The summed E-state index contributed by atoms with van der Waals surface area (Å²) in [5.41, 5.74) is 0. The maximum absolute atomic E-state index is 11.9. The number of nitrogens with one attached hydrogen (secondary N) is 1. The van der Waals surface area contributed by atoms with Crippen LogP contribution in [0, 0.1) is 0 Å². The smallest absolute Gasteiger partial charge is 0.329 e. The Morgan fingerprint density at radius 3 is 2.39 bits per heavy atom. The van der Waals surface area contributed by atoms with Gasteiger partial charge in [0, 0.05) is 0 Å². The summed E-state index contributed by atoms with van der Waals surface area (Å²) in [5.74, 6) is -2.18. The van der Waals surface area contributed by atoms with Crippen LogP contribution in [0.2, 0.25) is 0 Å². The van der Waals surface area contributed by atoms with Crippen molar-refractivity contribution in [3.63, 3.8) is 0 Å². The van der Waals surface area contributed by atoms with Gasteiger partial charge in [0.2, 0.25) is 5.91 Å². The molecule has 1 atom stereocenters. The molecule has 0 unspecified atom stereocenters. The number of ether oxygens (including phenoxy) is 3. The van der Waals surface area contributed by atoms with Crippen molar-refractivity contribution in [2.24, 2.45) is 0 Å². The van der Waals surface area contributed by atoms with Crippen molar-refractivity contribution in [3.05, 3.63) is 0 Å². The Kier molecular flexibility index (Phi) is 12.9. The SMILES string of the molecule is CCCC[C@H](NC(=O)COCCO)C(=O)OCCOCC(=O)O. The predicted molar refractivity (Wildman–Crippen MR) is 78.8 cm³/mol. The van der Waals surface area contributed by atoms with Crippen molar-refractivity contribution in [1.82, 2.24) is 5.32 Å². The molecule has 0 aliphatic rings. The van der Waals surface area contributed by atoms with Gasteiger partial charge in [-0.3, -0.25) is 4.79 Å². The molecule has 0 saturated carbocycles. The second-order valence-electron chi connectivity index (χ2n) is 4.65. The van der Waals surface area contributed by atoms with Crippen molar-refractivity contribution < 1.29 is 38.8 Å². The van der Waals surface area contributed by atoms with Crippen LogP contribution in [0.3, 0.4) is 0 Å². The van der Waals surface area contributed by atoms with Gasteiger partial charge in [-0.15, -0.1) is 0 Å². The number of carboxylic acid groups (broad SMARTS) is 1. The summed E-state index contributed by atoms with van der Waals surface area (Å²) in [6.07, 6.45) is 2.01. The highest BCUT2D eigenvalue weighted by atomic mass is 16.6. The Hall–Kier alpha value is -1.71. The average Bonchev–Trinajstić information content (AvgIpc) is 2.50. The van der Waals surface area contributed by atoms with Crippen LogP contribution in [-0.2, 0) is 28.6 Å². The van der Waals surface area contributed by atoms with Crippen molar-refractivity contribution in [1.29, 1.82) is 0 Å². The van der Waals surface area contributed by atoms with Crippen molar-refractivity contribution in [2.45, 2.75) is 32.2 Å². The van der Waals surface area contributed by atoms with Crippen LogP contribution in [0.1, 0.15) is 26.2 Å². The van der Waals surface area contributed by atoms with Crippen LogP contribution in [0.5, 0.6) is 0 Å². The summed E-state index contributed by atoms with van der Waals surface area (Å²) in [5, 5.41) is 19.5. The molecule has 1 amide bonds. The van der Waals surface area contributed by atoms with Crippen molar-refractivity contribution in [2.75, 3.05) is 39.6 Å². The summed E-state index contributed by atoms with van der Waals surface area (Å²) >= 11 is 0. The molecule has 0 aromatic carbocycles. The Bertz CT molecular complexity index is 361. The van der Waals surface area contributed by atoms with E-state index in [4.69, 9.17) is 24.4 Å². The Morgan fingerprint density at radius 1 is 1.09 bits per heavy atom. The first-order valence-corrected chi connectivity index (χ1v) is 7.45. The van der Waals surface area contributed by atoms with Gasteiger partial charge in [-0.1, -0.05) is 19.8 Å². The van der Waals surface area contributed by atoms with E-state index < -0.39 is 30.5 Å². The maximum Gasteiger partial charge on any atom is 0.329 e. The van der Waals surface area contributed by atoms with Crippen molar-refractivity contribution in [3.8, 4) is 0 Å². The van der Waals surface area contributed by atoms with Gasteiger partial charge >= 0.3 is 11.9 Å².